The second-order valence-corrected chi connectivity index (χ2v) is 7.37. The highest BCUT2D eigenvalue weighted by molar-refractivity contribution is 7.99. The molecular formula is C21H22N2O4S. The number of fused-ring (bicyclic) bond motifs is 1. The summed E-state index contributed by atoms with van der Waals surface area (Å²) in [7, 11) is 1.60. The van der Waals surface area contributed by atoms with E-state index in [0.717, 1.165) is 16.1 Å². The van der Waals surface area contributed by atoms with Gasteiger partial charge in [0.2, 0.25) is 0 Å². The third kappa shape index (κ3) is 4.14. The Morgan fingerprint density at radius 3 is 2.57 bits per heavy atom. The maximum atomic E-state index is 13.4. The Hall–Kier alpha value is -2.93. The van der Waals surface area contributed by atoms with Crippen molar-refractivity contribution in [1.29, 1.82) is 0 Å². The van der Waals surface area contributed by atoms with Gasteiger partial charge < -0.3 is 20.1 Å². The summed E-state index contributed by atoms with van der Waals surface area (Å²) in [5.74, 6) is -0.0721. The number of carbonyl (C=O) groups excluding carboxylic acids is 2. The lowest BCUT2D eigenvalue weighted by atomic mass is 10.1. The minimum atomic E-state index is -0.963. The number of thioether (sulfide) groups is 1. The zero-order chi connectivity index (χ0) is 20.1. The molecular weight excluding hydrogens is 376 g/mol. The smallest absolute Gasteiger partial charge is 0.303 e. The fourth-order valence-electron chi connectivity index (χ4n) is 3.06. The van der Waals surface area contributed by atoms with Gasteiger partial charge in [0.15, 0.2) is 6.10 Å². The molecule has 1 aliphatic rings. The minimum Gasteiger partial charge on any atom is -0.497 e. The highest BCUT2D eigenvalue weighted by Crippen LogP contribution is 2.46. The molecule has 0 aliphatic carbocycles. The Bertz CT molecular complexity index is 882. The van der Waals surface area contributed by atoms with Crippen LogP contribution in [0.5, 0.6) is 5.75 Å². The summed E-state index contributed by atoms with van der Waals surface area (Å²) in [4.78, 5) is 27.7. The minimum absolute atomic E-state index is 0.286. The second kappa shape index (κ2) is 8.84. The number of carbonyl (C=O) groups is 2. The van der Waals surface area contributed by atoms with Crippen molar-refractivity contribution in [2.24, 2.45) is 5.73 Å². The van der Waals surface area contributed by atoms with Gasteiger partial charge in [-0.1, -0.05) is 24.3 Å². The van der Waals surface area contributed by atoms with Gasteiger partial charge in [-0.2, -0.15) is 0 Å². The molecule has 0 radical (unpaired) electrons. The maximum absolute atomic E-state index is 13.4. The number of nitrogens with zero attached hydrogens (tertiary/aromatic N) is 1. The summed E-state index contributed by atoms with van der Waals surface area (Å²) in [6, 6.07) is 15.1. The van der Waals surface area contributed by atoms with Crippen molar-refractivity contribution < 1.29 is 19.1 Å². The summed E-state index contributed by atoms with van der Waals surface area (Å²) in [6.07, 6.45) is 2.13. The van der Waals surface area contributed by atoms with Crippen LogP contribution >= 0.6 is 11.8 Å². The van der Waals surface area contributed by atoms with Crippen molar-refractivity contribution in [1.82, 2.24) is 0 Å². The van der Waals surface area contributed by atoms with E-state index in [9.17, 15) is 9.59 Å². The lowest BCUT2D eigenvalue weighted by Gasteiger charge is -2.27. The van der Waals surface area contributed by atoms with Crippen LogP contribution in [0, 0.1) is 0 Å². The van der Waals surface area contributed by atoms with E-state index >= 15 is 0 Å². The summed E-state index contributed by atoms with van der Waals surface area (Å²) in [6.45, 7) is 1.60. The van der Waals surface area contributed by atoms with Gasteiger partial charge >= 0.3 is 5.97 Å². The van der Waals surface area contributed by atoms with Crippen LogP contribution in [0.4, 0.5) is 5.69 Å². The van der Waals surface area contributed by atoms with Gasteiger partial charge in [-0.05, 0) is 42.1 Å². The van der Waals surface area contributed by atoms with E-state index in [-0.39, 0.29) is 5.91 Å². The zero-order valence-corrected chi connectivity index (χ0v) is 16.5. The van der Waals surface area contributed by atoms with Crippen LogP contribution in [-0.4, -0.2) is 31.6 Å². The number of ether oxygens (including phenoxy) is 2. The SMILES string of the molecule is COc1ccc(C2Sc3ccccc3N(CC=CN)C(=O)C2OC(C)=O)cc1. The topological polar surface area (TPSA) is 81.9 Å². The molecule has 0 saturated heterocycles. The third-order valence-electron chi connectivity index (χ3n) is 4.36. The van der Waals surface area contributed by atoms with E-state index in [1.165, 1.54) is 24.9 Å². The molecule has 0 spiro atoms. The maximum Gasteiger partial charge on any atom is 0.303 e. The Balaban J connectivity index is 2.09. The lowest BCUT2D eigenvalue weighted by molar-refractivity contribution is -0.152. The number of nitrogens with two attached hydrogens (primary N) is 1. The number of methoxy groups -OCH3 is 1. The summed E-state index contributed by atoms with van der Waals surface area (Å²) < 4.78 is 10.7. The molecule has 2 unspecified atom stereocenters. The first-order valence-electron chi connectivity index (χ1n) is 8.80. The Kier molecular flexibility index (Phi) is 6.26. The molecule has 146 valence electrons. The monoisotopic (exact) mass is 398 g/mol. The number of benzene rings is 2. The Morgan fingerprint density at radius 1 is 1.21 bits per heavy atom. The van der Waals surface area contributed by atoms with Crippen LogP contribution < -0.4 is 15.4 Å². The second-order valence-electron chi connectivity index (χ2n) is 6.19. The van der Waals surface area contributed by atoms with E-state index < -0.39 is 17.3 Å². The normalized spacial score (nSPS) is 19.2. The van der Waals surface area contributed by atoms with E-state index in [1.54, 1.807) is 18.1 Å². The first-order chi connectivity index (χ1) is 13.5. The van der Waals surface area contributed by atoms with Crippen LogP contribution in [0.1, 0.15) is 17.7 Å². The van der Waals surface area contributed by atoms with Crippen LogP contribution in [0.15, 0.2) is 65.7 Å². The van der Waals surface area contributed by atoms with Crippen molar-refractivity contribution in [2.45, 2.75) is 23.2 Å². The molecule has 28 heavy (non-hydrogen) atoms. The Labute approximate surface area is 168 Å². The summed E-state index contributed by atoms with van der Waals surface area (Å²) in [5.41, 5.74) is 7.13. The quantitative estimate of drug-likeness (QED) is 0.779. The highest BCUT2D eigenvalue weighted by atomic mass is 32.2. The van der Waals surface area contributed by atoms with Crippen molar-refractivity contribution >= 4 is 29.3 Å². The van der Waals surface area contributed by atoms with Crippen molar-refractivity contribution in [3.05, 3.63) is 66.4 Å². The molecule has 0 aromatic heterocycles. The average Bonchev–Trinajstić information content (AvgIpc) is 2.81. The molecule has 2 aromatic carbocycles. The molecule has 7 heteroatoms. The van der Waals surface area contributed by atoms with Crippen LogP contribution in [0.3, 0.4) is 0 Å². The molecule has 6 nitrogen and oxygen atoms in total. The van der Waals surface area contributed by atoms with E-state index in [0.29, 0.717) is 12.3 Å². The molecule has 2 N–H and O–H groups in total. The van der Waals surface area contributed by atoms with E-state index in [2.05, 4.69) is 0 Å². The average molecular weight is 398 g/mol. The first-order valence-corrected chi connectivity index (χ1v) is 9.68. The van der Waals surface area contributed by atoms with Crippen molar-refractivity contribution in [3.8, 4) is 5.75 Å². The number of rotatable bonds is 5. The van der Waals surface area contributed by atoms with Gasteiger partial charge in [0.1, 0.15) is 5.75 Å². The molecule has 1 aliphatic heterocycles. The first kappa shape index (κ1) is 19.8. The number of amides is 1. The molecule has 3 rings (SSSR count). The summed E-state index contributed by atoms with van der Waals surface area (Å²) in [5, 5.41) is -0.393. The number of hydrogen-bond donors (Lipinski definition) is 1. The van der Waals surface area contributed by atoms with Gasteiger partial charge in [-0.3, -0.25) is 9.59 Å². The van der Waals surface area contributed by atoms with Gasteiger partial charge in [0.25, 0.3) is 5.91 Å². The molecule has 1 amide bonds. The summed E-state index contributed by atoms with van der Waals surface area (Å²) >= 11 is 1.50. The lowest BCUT2D eigenvalue weighted by Crippen LogP contribution is -2.42. The number of para-hydroxylation sites is 1. The molecule has 2 atom stereocenters. The standard InChI is InChI=1S/C21H22N2O4S/c1-14(24)27-19-20(15-8-10-16(26-2)11-9-15)28-18-7-4-3-6-17(18)23(21(19)25)13-5-12-22/h3-12,19-20H,13,22H2,1-2H3. The predicted octanol–water partition coefficient (Wildman–Crippen LogP) is 3.28. The van der Waals surface area contributed by atoms with Crippen LogP contribution in [0.2, 0.25) is 0 Å². The molecule has 2 aromatic rings. The fraction of sp³-hybridized carbons (Fsp3) is 0.238. The molecule has 0 bridgehead atoms. The van der Waals surface area contributed by atoms with Crippen molar-refractivity contribution in [2.75, 3.05) is 18.6 Å². The van der Waals surface area contributed by atoms with Gasteiger partial charge in [-0.15, -0.1) is 11.8 Å². The number of anilines is 1. The molecule has 0 saturated carbocycles. The Morgan fingerprint density at radius 2 is 1.93 bits per heavy atom. The number of hydrogen-bond acceptors (Lipinski definition) is 6. The molecule has 1 heterocycles. The zero-order valence-electron chi connectivity index (χ0n) is 15.7. The van der Waals surface area contributed by atoms with Gasteiger partial charge in [-0.25, -0.2) is 0 Å². The highest BCUT2D eigenvalue weighted by Gasteiger charge is 2.40. The largest absolute Gasteiger partial charge is 0.497 e. The predicted molar refractivity (Wildman–Crippen MR) is 109 cm³/mol. The van der Waals surface area contributed by atoms with Crippen LogP contribution in [0.25, 0.3) is 0 Å². The van der Waals surface area contributed by atoms with Gasteiger partial charge in [0, 0.05) is 18.4 Å². The van der Waals surface area contributed by atoms with Crippen molar-refractivity contribution in [3.63, 3.8) is 0 Å². The van der Waals surface area contributed by atoms with Crippen LogP contribution in [-0.2, 0) is 14.3 Å². The number of esters is 1. The molecule has 0 fully saturated rings. The van der Waals surface area contributed by atoms with Gasteiger partial charge in [0.05, 0.1) is 18.0 Å². The fourth-order valence-corrected chi connectivity index (χ4v) is 4.38. The third-order valence-corrected chi connectivity index (χ3v) is 5.73. The van der Waals surface area contributed by atoms with E-state index in [4.69, 9.17) is 15.2 Å². The van der Waals surface area contributed by atoms with E-state index in [1.807, 2.05) is 48.5 Å².